The summed E-state index contributed by atoms with van der Waals surface area (Å²) in [6, 6.07) is 11.5. The molecule has 0 aliphatic carbocycles. The molecule has 0 bridgehead atoms. The number of aromatic nitrogens is 2. The van der Waals surface area contributed by atoms with E-state index in [9.17, 15) is 18.0 Å². The fourth-order valence-corrected chi connectivity index (χ4v) is 4.78. The van der Waals surface area contributed by atoms with Gasteiger partial charge in [-0.15, -0.1) is 0 Å². The molecule has 2 aromatic carbocycles. The number of nitrogens with zero attached hydrogens (tertiary/aromatic N) is 1. The van der Waals surface area contributed by atoms with E-state index in [0.29, 0.717) is 18.0 Å². The Hall–Kier alpha value is -3.11. The minimum absolute atomic E-state index is 0.00123. The lowest BCUT2D eigenvalue weighted by Gasteiger charge is -2.09. The van der Waals surface area contributed by atoms with Crippen molar-refractivity contribution >= 4 is 33.2 Å². The molecule has 1 heterocycles. The van der Waals surface area contributed by atoms with E-state index in [1.807, 2.05) is 39.0 Å². The molecule has 10 heteroatoms. The van der Waals surface area contributed by atoms with Gasteiger partial charge in [-0.05, 0) is 56.7 Å². The Morgan fingerprint density at radius 3 is 2.50 bits per heavy atom. The Labute approximate surface area is 190 Å². The second-order valence-electron chi connectivity index (χ2n) is 6.94. The summed E-state index contributed by atoms with van der Waals surface area (Å²) in [6.45, 7) is 6.15. The standard InChI is InChI=1S/C22H23N3O5S2/c1-4-30-16-6-8-17(9-7-16)32(28,29)19-12-23-22(25-21(19)27)31-13-20(26)24-18-10-5-14(2)11-15(18)3/h5-12H,4,13H2,1-3H3,(H,24,26)(H,23,25,27). The highest BCUT2D eigenvalue weighted by molar-refractivity contribution is 7.99. The number of rotatable bonds is 8. The molecule has 0 atom stereocenters. The molecule has 0 unspecified atom stereocenters. The number of carbonyl (C=O) groups is 1. The molecule has 0 aliphatic rings. The molecule has 0 fully saturated rings. The summed E-state index contributed by atoms with van der Waals surface area (Å²) in [6.07, 6.45) is 1.01. The van der Waals surface area contributed by atoms with Crippen LogP contribution in [0.15, 0.2) is 68.4 Å². The maximum atomic E-state index is 12.8. The van der Waals surface area contributed by atoms with Crippen molar-refractivity contribution in [2.24, 2.45) is 0 Å². The first-order chi connectivity index (χ1) is 15.2. The van der Waals surface area contributed by atoms with E-state index in [-0.39, 0.29) is 21.7 Å². The molecule has 3 rings (SSSR count). The summed E-state index contributed by atoms with van der Waals surface area (Å²) in [4.78, 5) is 30.6. The summed E-state index contributed by atoms with van der Waals surface area (Å²) < 4.78 is 30.9. The molecule has 0 saturated heterocycles. The van der Waals surface area contributed by atoms with Crippen LogP contribution in [0.2, 0.25) is 0 Å². The van der Waals surface area contributed by atoms with Crippen LogP contribution >= 0.6 is 11.8 Å². The Kier molecular flexibility index (Phi) is 7.37. The monoisotopic (exact) mass is 473 g/mol. The summed E-state index contributed by atoms with van der Waals surface area (Å²) in [5.74, 6) is 0.265. The van der Waals surface area contributed by atoms with Gasteiger partial charge in [0.25, 0.3) is 5.56 Å². The number of H-pyrrole nitrogens is 1. The number of hydrogen-bond donors (Lipinski definition) is 2. The quantitative estimate of drug-likeness (QED) is 0.380. The number of hydrogen-bond acceptors (Lipinski definition) is 7. The molecule has 0 spiro atoms. The predicted molar refractivity (Wildman–Crippen MR) is 123 cm³/mol. The van der Waals surface area contributed by atoms with Gasteiger partial charge in [-0.1, -0.05) is 29.5 Å². The third-order valence-corrected chi connectivity index (χ3v) is 7.12. The number of aromatic amines is 1. The smallest absolute Gasteiger partial charge is 0.270 e. The first kappa shape index (κ1) is 23.6. The number of anilines is 1. The van der Waals surface area contributed by atoms with Crippen molar-refractivity contribution in [1.29, 1.82) is 0 Å². The molecular weight excluding hydrogens is 450 g/mol. The Morgan fingerprint density at radius 2 is 1.88 bits per heavy atom. The Balaban J connectivity index is 1.69. The molecule has 8 nitrogen and oxygen atoms in total. The van der Waals surface area contributed by atoms with E-state index in [0.717, 1.165) is 29.1 Å². The summed E-state index contributed by atoms with van der Waals surface area (Å²) in [5.41, 5.74) is 1.95. The van der Waals surface area contributed by atoms with Crippen LogP contribution in [-0.4, -0.2) is 36.7 Å². The summed E-state index contributed by atoms with van der Waals surface area (Å²) in [5, 5.41) is 2.96. The van der Waals surface area contributed by atoms with E-state index in [4.69, 9.17) is 4.74 Å². The Bertz CT molecular complexity index is 1290. The van der Waals surface area contributed by atoms with Crippen LogP contribution in [0.1, 0.15) is 18.1 Å². The minimum Gasteiger partial charge on any atom is -0.494 e. The van der Waals surface area contributed by atoms with Crippen LogP contribution in [-0.2, 0) is 14.6 Å². The average Bonchev–Trinajstić information content (AvgIpc) is 2.75. The van der Waals surface area contributed by atoms with Crippen molar-refractivity contribution in [3.8, 4) is 5.75 Å². The van der Waals surface area contributed by atoms with Gasteiger partial charge in [0, 0.05) is 5.69 Å². The SMILES string of the molecule is CCOc1ccc(S(=O)(=O)c2cnc(SCC(=O)Nc3ccc(C)cc3C)[nH]c2=O)cc1. The lowest BCUT2D eigenvalue weighted by molar-refractivity contribution is -0.113. The fraction of sp³-hybridized carbons (Fsp3) is 0.227. The average molecular weight is 474 g/mol. The van der Waals surface area contributed by atoms with E-state index < -0.39 is 20.3 Å². The fourth-order valence-electron chi connectivity index (χ4n) is 2.91. The molecule has 0 radical (unpaired) electrons. The van der Waals surface area contributed by atoms with Crippen LogP contribution in [0.4, 0.5) is 5.69 Å². The third kappa shape index (κ3) is 5.57. The van der Waals surface area contributed by atoms with Crippen molar-refractivity contribution < 1.29 is 17.9 Å². The number of ether oxygens (including phenoxy) is 1. The Morgan fingerprint density at radius 1 is 1.16 bits per heavy atom. The van der Waals surface area contributed by atoms with Gasteiger partial charge in [-0.3, -0.25) is 9.59 Å². The molecule has 1 aromatic heterocycles. The van der Waals surface area contributed by atoms with Crippen LogP contribution in [0.5, 0.6) is 5.75 Å². The number of amides is 1. The number of thioether (sulfide) groups is 1. The molecule has 1 amide bonds. The maximum Gasteiger partial charge on any atom is 0.270 e. The second kappa shape index (κ2) is 10.0. The molecule has 0 saturated carbocycles. The zero-order valence-electron chi connectivity index (χ0n) is 17.8. The normalized spacial score (nSPS) is 11.2. The highest BCUT2D eigenvalue weighted by atomic mass is 32.2. The van der Waals surface area contributed by atoms with Gasteiger partial charge in [0.05, 0.1) is 23.5 Å². The molecule has 168 valence electrons. The first-order valence-corrected chi connectivity index (χ1v) is 12.2. The van der Waals surface area contributed by atoms with Crippen molar-refractivity contribution in [3.05, 3.63) is 70.1 Å². The molecule has 32 heavy (non-hydrogen) atoms. The van der Waals surface area contributed by atoms with Crippen molar-refractivity contribution in [2.75, 3.05) is 17.7 Å². The third-order valence-electron chi connectivity index (χ3n) is 4.47. The van der Waals surface area contributed by atoms with Gasteiger partial charge in [0.2, 0.25) is 15.7 Å². The number of aryl methyl sites for hydroxylation is 2. The number of nitrogens with one attached hydrogen (secondary N) is 2. The number of benzene rings is 2. The van der Waals surface area contributed by atoms with E-state index in [2.05, 4.69) is 15.3 Å². The van der Waals surface area contributed by atoms with Crippen molar-refractivity contribution in [1.82, 2.24) is 9.97 Å². The minimum atomic E-state index is -4.05. The van der Waals surface area contributed by atoms with Crippen LogP contribution in [0.25, 0.3) is 0 Å². The topological polar surface area (TPSA) is 118 Å². The van der Waals surface area contributed by atoms with Gasteiger partial charge < -0.3 is 15.0 Å². The maximum absolute atomic E-state index is 12.8. The van der Waals surface area contributed by atoms with E-state index >= 15 is 0 Å². The van der Waals surface area contributed by atoms with Crippen LogP contribution in [0, 0.1) is 13.8 Å². The summed E-state index contributed by atoms with van der Waals surface area (Å²) in [7, 11) is -4.05. The molecule has 0 aliphatic heterocycles. The van der Waals surface area contributed by atoms with Gasteiger partial charge in [0.1, 0.15) is 5.75 Å². The molecule has 2 N–H and O–H groups in total. The number of sulfone groups is 1. The van der Waals surface area contributed by atoms with Crippen LogP contribution < -0.4 is 15.6 Å². The van der Waals surface area contributed by atoms with Gasteiger partial charge >= 0.3 is 0 Å². The lowest BCUT2D eigenvalue weighted by Crippen LogP contribution is -2.20. The van der Waals surface area contributed by atoms with Crippen molar-refractivity contribution in [3.63, 3.8) is 0 Å². The van der Waals surface area contributed by atoms with E-state index in [1.54, 1.807) is 0 Å². The first-order valence-electron chi connectivity index (χ1n) is 9.78. The largest absolute Gasteiger partial charge is 0.494 e. The second-order valence-corrected chi connectivity index (χ2v) is 9.83. The van der Waals surface area contributed by atoms with E-state index in [1.165, 1.54) is 24.3 Å². The van der Waals surface area contributed by atoms with Gasteiger partial charge in [-0.2, -0.15) is 0 Å². The highest BCUT2D eigenvalue weighted by Crippen LogP contribution is 2.22. The summed E-state index contributed by atoms with van der Waals surface area (Å²) >= 11 is 1.00. The molecule has 3 aromatic rings. The zero-order valence-corrected chi connectivity index (χ0v) is 19.5. The van der Waals surface area contributed by atoms with Gasteiger partial charge in [0.15, 0.2) is 10.1 Å². The number of carbonyl (C=O) groups excluding carboxylic acids is 1. The van der Waals surface area contributed by atoms with Crippen LogP contribution in [0.3, 0.4) is 0 Å². The van der Waals surface area contributed by atoms with Gasteiger partial charge in [-0.25, -0.2) is 13.4 Å². The lowest BCUT2D eigenvalue weighted by atomic mass is 10.1. The predicted octanol–water partition coefficient (Wildman–Crippen LogP) is 3.35. The van der Waals surface area contributed by atoms with Crippen molar-refractivity contribution in [2.45, 2.75) is 35.7 Å². The molecular formula is C22H23N3O5S2. The highest BCUT2D eigenvalue weighted by Gasteiger charge is 2.22. The zero-order chi connectivity index (χ0) is 23.3.